The van der Waals surface area contributed by atoms with Crippen LogP contribution in [-0.2, 0) is 9.59 Å². The molecule has 5 rings (SSSR count). The number of hydrogen-bond donors (Lipinski definition) is 2. The van der Waals surface area contributed by atoms with E-state index in [1.165, 1.54) is 11.8 Å². The van der Waals surface area contributed by atoms with Gasteiger partial charge in [0, 0.05) is 27.5 Å². The van der Waals surface area contributed by atoms with E-state index in [1.807, 2.05) is 91.9 Å². The number of benzene rings is 5. The maximum atomic E-state index is 14.0. The Bertz CT molecular complexity index is 1790. The van der Waals surface area contributed by atoms with Gasteiger partial charge >= 0.3 is 0 Å². The molecule has 0 saturated heterocycles. The summed E-state index contributed by atoms with van der Waals surface area (Å²) in [4.78, 5) is 43.3. The maximum Gasteiger partial charge on any atom is 0.272 e. The van der Waals surface area contributed by atoms with Crippen molar-refractivity contribution >= 4 is 52.6 Å². The van der Waals surface area contributed by atoms with Gasteiger partial charge in [-0.1, -0.05) is 79.7 Å². The minimum atomic E-state index is -0.491. The van der Waals surface area contributed by atoms with Crippen LogP contribution >= 0.6 is 11.8 Å². The number of amides is 3. The van der Waals surface area contributed by atoms with E-state index in [4.69, 9.17) is 4.74 Å². The molecule has 2 N–H and O–H groups in total. The van der Waals surface area contributed by atoms with Gasteiger partial charge in [-0.3, -0.25) is 19.3 Å². The second-order valence-electron chi connectivity index (χ2n) is 10.5. The Morgan fingerprint density at radius 1 is 0.766 bits per heavy atom. The lowest BCUT2D eigenvalue weighted by Crippen LogP contribution is -2.34. The molecule has 0 saturated carbocycles. The van der Waals surface area contributed by atoms with Crippen molar-refractivity contribution in [3.63, 3.8) is 0 Å². The Labute approximate surface area is 279 Å². The van der Waals surface area contributed by atoms with Gasteiger partial charge in [-0.2, -0.15) is 0 Å². The summed E-state index contributed by atoms with van der Waals surface area (Å²) in [5, 5.41) is 5.30. The van der Waals surface area contributed by atoms with Crippen molar-refractivity contribution in [1.29, 1.82) is 0 Å². The number of methoxy groups -OCH3 is 1. The largest absolute Gasteiger partial charge is 0.497 e. The van der Waals surface area contributed by atoms with E-state index in [1.54, 1.807) is 72.7 Å². The Morgan fingerprint density at radius 3 is 1.94 bits per heavy atom. The standard InChI is InChI=1S/C39H35N3O4S/c1-3-36(39(45)42(31-17-9-5-10-18-31)32-19-11-6-12-20-32)47-34-21-13-16-30(27-34)40-38(44)35(26-28-22-24-33(46-2)25-23-28)41-37(43)29-14-7-4-8-15-29/h4-27,36H,3H2,1-2H3,(H,40,44)(H,41,43)/b35-26+. The first-order valence-electron chi connectivity index (χ1n) is 15.2. The van der Waals surface area contributed by atoms with Gasteiger partial charge in [0.05, 0.1) is 12.4 Å². The van der Waals surface area contributed by atoms with Gasteiger partial charge in [0.1, 0.15) is 11.4 Å². The summed E-state index contributed by atoms with van der Waals surface area (Å²) < 4.78 is 5.25. The lowest BCUT2D eigenvalue weighted by Gasteiger charge is -2.27. The zero-order valence-corrected chi connectivity index (χ0v) is 26.9. The molecular formula is C39H35N3O4S. The molecule has 5 aromatic carbocycles. The monoisotopic (exact) mass is 641 g/mol. The maximum absolute atomic E-state index is 14.0. The van der Waals surface area contributed by atoms with E-state index in [-0.39, 0.29) is 11.6 Å². The molecule has 47 heavy (non-hydrogen) atoms. The molecule has 0 heterocycles. The third-order valence-corrected chi connectivity index (χ3v) is 8.57. The summed E-state index contributed by atoms with van der Waals surface area (Å²) in [5.74, 6) is -0.266. The second-order valence-corrected chi connectivity index (χ2v) is 11.8. The number of nitrogens with zero attached hydrogens (tertiary/aromatic N) is 1. The van der Waals surface area contributed by atoms with Crippen LogP contribution in [0.25, 0.3) is 6.08 Å². The SMILES string of the molecule is CCC(Sc1cccc(NC(=O)/C(=C\c2ccc(OC)cc2)NC(=O)c2ccccc2)c1)C(=O)N(c1ccccc1)c1ccccc1. The van der Waals surface area contributed by atoms with Crippen LogP contribution in [0, 0.1) is 0 Å². The van der Waals surface area contributed by atoms with E-state index in [2.05, 4.69) is 10.6 Å². The third kappa shape index (κ3) is 8.77. The van der Waals surface area contributed by atoms with E-state index in [9.17, 15) is 14.4 Å². The van der Waals surface area contributed by atoms with Crippen molar-refractivity contribution < 1.29 is 19.1 Å². The number of thioether (sulfide) groups is 1. The highest BCUT2D eigenvalue weighted by Gasteiger charge is 2.27. The molecule has 0 aliphatic heterocycles. The van der Waals surface area contributed by atoms with Crippen LogP contribution < -0.4 is 20.3 Å². The highest BCUT2D eigenvalue weighted by Crippen LogP contribution is 2.33. The second kappa shape index (κ2) is 16.1. The van der Waals surface area contributed by atoms with Crippen molar-refractivity contribution in [3.8, 4) is 5.75 Å². The van der Waals surface area contributed by atoms with E-state index in [0.717, 1.165) is 16.3 Å². The summed E-state index contributed by atoms with van der Waals surface area (Å²) in [6.45, 7) is 1.99. The predicted octanol–water partition coefficient (Wildman–Crippen LogP) is 8.34. The van der Waals surface area contributed by atoms with E-state index < -0.39 is 17.1 Å². The molecule has 0 bridgehead atoms. The summed E-state index contributed by atoms with van der Waals surface area (Å²) in [7, 11) is 1.58. The number of carbonyl (C=O) groups excluding carboxylic acids is 3. The van der Waals surface area contributed by atoms with E-state index >= 15 is 0 Å². The fourth-order valence-corrected chi connectivity index (χ4v) is 5.88. The van der Waals surface area contributed by atoms with Crippen LogP contribution in [0.3, 0.4) is 0 Å². The van der Waals surface area contributed by atoms with Crippen molar-refractivity contribution in [1.82, 2.24) is 5.32 Å². The van der Waals surface area contributed by atoms with Crippen LogP contribution in [0.15, 0.2) is 150 Å². The lowest BCUT2D eigenvalue weighted by atomic mass is 10.1. The number of hydrogen-bond acceptors (Lipinski definition) is 5. The van der Waals surface area contributed by atoms with Crippen molar-refractivity contribution in [2.45, 2.75) is 23.5 Å². The van der Waals surface area contributed by atoms with Crippen molar-refractivity contribution in [3.05, 3.63) is 156 Å². The highest BCUT2D eigenvalue weighted by atomic mass is 32.2. The molecule has 0 fully saturated rings. The van der Waals surface area contributed by atoms with Crippen molar-refractivity contribution in [2.24, 2.45) is 0 Å². The number of nitrogens with one attached hydrogen (secondary N) is 2. The molecule has 0 spiro atoms. The molecular weight excluding hydrogens is 607 g/mol. The number of anilines is 3. The van der Waals surface area contributed by atoms with Gasteiger partial charge in [0.15, 0.2) is 0 Å². The number of carbonyl (C=O) groups is 3. The average Bonchev–Trinajstić information content (AvgIpc) is 3.12. The fraction of sp³-hybridized carbons (Fsp3) is 0.103. The van der Waals surface area contributed by atoms with Crippen LogP contribution in [-0.4, -0.2) is 30.1 Å². The molecule has 8 heteroatoms. The Balaban J connectivity index is 1.36. The molecule has 1 unspecified atom stereocenters. The number of ether oxygens (including phenoxy) is 1. The van der Waals surface area contributed by atoms with Crippen molar-refractivity contribution in [2.75, 3.05) is 17.3 Å². The van der Waals surface area contributed by atoms with Gasteiger partial charge in [-0.15, -0.1) is 11.8 Å². The first kappa shape index (κ1) is 32.8. The predicted molar refractivity (Wildman–Crippen MR) is 190 cm³/mol. The van der Waals surface area contributed by atoms with E-state index in [0.29, 0.717) is 29.0 Å². The fourth-order valence-electron chi connectivity index (χ4n) is 4.83. The quantitative estimate of drug-likeness (QED) is 0.106. The minimum Gasteiger partial charge on any atom is -0.497 e. The molecule has 3 amide bonds. The average molecular weight is 642 g/mol. The zero-order chi connectivity index (χ0) is 33.0. The number of rotatable bonds is 12. The normalized spacial score (nSPS) is 11.7. The Kier molecular flexibility index (Phi) is 11.2. The van der Waals surface area contributed by atoms with Gasteiger partial charge in [0.25, 0.3) is 11.8 Å². The summed E-state index contributed by atoms with van der Waals surface area (Å²) >= 11 is 1.44. The Hall–Kier alpha value is -5.60. The molecule has 0 aromatic heterocycles. The van der Waals surface area contributed by atoms with Crippen LogP contribution in [0.1, 0.15) is 29.3 Å². The molecule has 0 aliphatic rings. The molecule has 7 nitrogen and oxygen atoms in total. The van der Waals surface area contributed by atoms with Crippen LogP contribution in [0.4, 0.5) is 17.1 Å². The molecule has 1 atom stereocenters. The smallest absolute Gasteiger partial charge is 0.272 e. The summed E-state index contributed by atoms with van der Waals surface area (Å²) in [6.07, 6.45) is 2.21. The third-order valence-electron chi connectivity index (χ3n) is 7.22. The Morgan fingerprint density at radius 2 is 1.36 bits per heavy atom. The molecule has 236 valence electrons. The minimum absolute atomic E-state index is 0.0438. The topological polar surface area (TPSA) is 87.7 Å². The van der Waals surface area contributed by atoms with Gasteiger partial charge in [-0.05, 0) is 84.8 Å². The number of para-hydroxylation sites is 2. The van der Waals surface area contributed by atoms with Gasteiger partial charge < -0.3 is 15.4 Å². The van der Waals surface area contributed by atoms with Gasteiger partial charge in [0.2, 0.25) is 5.91 Å². The lowest BCUT2D eigenvalue weighted by molar-refractivity contribution is -0.117. The van der Waals surface area contributed by atoms with Crippen LogP contribution in [0.2, 0.25) is 0 Å². The molecule has 5 aromatic rings. The summed E-state index contributed by atoms with van der Waals surface area (Å²) in [6, 6.07) is 42.4. The highest BCUT2D eigenvalue weighted by molar-refractivity contribution is 8.00. The van der Waals surface area contributed by atoms with Crippen LogP contribution in [0.5, 0.6) is 5.75 Å². The summed E-state index contributed by atoms with van der Waals surface area (Å²) in [5.41, 5.74) is 3.31. The molecule has 0 aliphatic carbocycles. The first-order valence-corrected chi connectivity index (χ1v) is 16.1. The first-order chi connectivity index (χ1) is 22.9. The zero-order valence-electron chi connectivity index (χ0n) is 26.1. The molecule has 0 radical (unpaired) electrons. The van der Waals surface area contributed by atoms with Gasteiger partial charge in [-0.25, -0.2) is 0 Å².